The molecule has 1 aliphatic carbocycles. The van der Waals surface area contributed by atoms with E-state index >= 15 is 0 Å². The lowest BCUT2D eigenvalue weighted by Gasteiger charge is -2.55. The van der Waals surface area contributed by atoms with Crippen LogP contribution in [-0.2, 0) is 0 Å². The standard InChI is InChI=1S/C17H21F3O2/c1-5-13(11-6-8-12(22-4)9-7-11)14-10-15(2,3)16(14,21)17(18,19)20/h6-9,21H,5,10H2,1-4H3/b14-13-/t16-/m0/s1. The molecule has 1 atom stereocenters. The van der Waals surface area contributed by atoms with Crippen LogP contribution in [0.3, 0.4) is 0 Å². The number of methoxy groups -OCH3 is 1. The smallest absolute Gasteiger partial charge is 0.421 e. The first kappa shape index (κ1) is 16.9. The Balaban J connectivity index is 2.54. The average Bonchev–Trinajstić information content (AvgIpc) is 2.45. The second-order valence-electron chi connectivity index (χ2n) is 6.31. The minimum Gasteiger partial charge on any atom is -0.497 e. The minimum atomic E-state index is -4.68. The fourth-order valence-electron chi connectivity index (χ4n) is 3.26. The molecule has 0 radical (unpaired) electrons. The Morgan fingerprint density at radius 3 is 2.14 bits per heavy atom. The first-order valence-electron chi connectivity index (χ1n) is 7.24. The summed E-state index contributed by atoms with van der Waals surface area (Å²) in [7, 11) is 1.53. The molecule has 0 saturated heterocycles. The van der Waals surface area contributed by atoms with E-state index in [1.807, 2.05) is 0 Å². The summed E-state index contributed by atoms with van der Waals surface area (Å²) in [6.07, 6.45) is -4.02. The molecule has 1 fully saturated rings. The largest absolute Gasteiger partial charge is 0.497 e. The van der Waals surface area contributed by atoms with Crippen molar-refractivity contribution in [3.05, 3.63) is 35.4 Å². The summed E-state index contributed by atoms with van der Waals surface area (Å²) < 4.78 is 45.4. The van der Waals surface area contributed by atoms with Crippen LogP contribution in [0.4, 0.5) is 13.2 Å². The van der Waals surface area contributed by atoms with E-state index in [1.165, 1.54) is 21.0 Å². The molecule has 1 aromatic rings. The van der Waals surface area contributed by atoms with Gasteiger partial charge >= 0.3 is 6.18 Å². The van der Waals surface area contributed by atoms with Crippen molar-refractivity contribution in [3.8, 4) is 5.75 Å². The molecule has 0 bridgehead atoms. The molecule has 22 heavy (non-hydrogen) atoms. The molecule has 0 heterocycles. The molecule has 5 heteroatoms. The molecule has 2 nitrogen and oxygen atoms in total. The molecule has 0 aromatic heterocycles. The van der Waals surface area contributed by atoms with Crippen molar-refractivity contribution >= 4 is 5.57 Å². The van der Waals surface area contributed by atoms with Crippen molar-refractivity contribution in [1.29, 1.82) is 0 Å². The maximum absolute atomic E-state index is 13.5. The highest BCUT2D eigenvalue weighted by molar-refractivity contribution is 5.73. The number of aliphatic hydroxyl groups is 1. The molecule has 122 valence electrons. The van der Waals surface area contributed by atoms with Crippen molar-refractivity contribution in [2.45, 2.75) is 45.4 Å². The van der Waals surface area contributed by atoms with Gasteiger partial charge in [0.2, 0.25) is 0 Å². The number of hydrogen-bond donors (Lipinski definition) is 1. The van der Waals surface area contributed by atoms with Crippen molar-refractivity contribution in [2.24, 2.45) is 5.41 Å². The third kappa shape index (κ3) is 2.32. The molecule has 0 aliphatic heterocycles. The normalized spacial score (nSPS) is 26.4. The third-order valence-corrected chi connectivity index (χ3v) is 4.60. The molecule has 1 aromatic carbocycles. The Kier molecular flexibility index (Phi) is 4.07. The van der Waals surface area contributed by atoms with Gasteiger partial charge in [0.15, 0.2) is 5.60 Å². The van der Waals surface area contributed by atoms with Gasteiger partial charge in [-0.05, 0) is 41.7 Å². The van der Waals surface area contributed by atoms with E-state index in [0.29, 0.717) is 23.3 Å². The van der Waals surface area contributed by atoms with Crippen LogP contribution >= 0.6 is 0 Å². The zero-order chi connectivity index (χ0) is 16.8. The lowest BCUT2D eigenvalue weighted by Crippen LogP contribution is -2.65. The summed E-state index contributed by atoms with van der Waals surface area (Å²) in [5, 5.41) is 10.4. The molecule has 0 spiro atoms. The van der Waals surface area contributed by atoms with E-state index in [9.17, 15) is 18.3 Å². The molecule has 0 unspecified atom stereocenters. The highest BCUT2D eigenvalue weighted by Crippen LogP contribution is 2.62. The Labute approximate surface area is 128 Å². The van der Waals surface area contributed by atoms with Gasteiger partial charge < -0.3 is 9.84 Å². The van der Waals surface area contributed by atoms with Crippen molar-refractivity contribution in [3.63, 3.8) is 0 Å². The zero-order valence-electron chi connectivity index (χ0n) is 13.2. The summed E-state index contributed by atoms with van der Waals surface area (Å²) in [4.78, 5) is 0. The topological polar surface area (TPSA) is 29.5 Å². The number of hydrogen-bond acceptors (Lipinski definition) is 2. The van der Waals surface area contributed by atoms with Crippen molar-refractivity contribution in [2.75, 3.05) is 7.11 Å². The molecule has 2 rings (SSSR count). The van der Waals surface area contributed by atoms with Crippen LogP contribution in [-0.4, -0.2) is 24.0 Å². The fourth-order valence-corrected chi connectivity index (χ4v) is 3.26. The molecular weight excluding hydrogens is 293 g/mol. The van der Waals surface area contributed by atoms with Crippen molar-refractivity contribution in [1.82, 2.24) is 0 Å². The summed E-state index contributed by atoms with van der Waals surface area (Å²) in [6, 6.07) is 6.88. The number of halogens is 3. The van der Waals surface area contributed by atoms with E-state index in [-0.39, 0.29) is 12.0 Å². The first-order chi connectivity index (χ1) is 10.1. The second-order valence-corrected chi connectivity index (χ2v) is 6.31. The van der Waals surface area contributed by atoms with Crippen LogP contribution in [0, 0.1) is 5.41 Å². The SMILES string of the molecule is CC/C(=C1\CC(C)(C)[C@]1(O)C(F)(F)F)c1ccc(OC)cc1. The van der Waals surface area contributed by atoms with Gasteiger partial charge in [-0.3, -0.25) is 0 Å². The summed E-state index contributed by atoms with van der Waals surface area (Å²) in [5.41, 5.74) is -2.64. The van der Waals surface area contributed by atoms with Crippen LogP contribution in [0.25, 0.3) is 5.57 Å². The number of alkyl halides is 3. The Bertz CT molecular complexity index is 573. The minimum absolute atomic E-state index is 0.0812. The van der Waals surface area contributed by atoms with Gasteiger partial charge in [0.1, 0.15) is 5.75 Å². The Morgan fingerprint density at radius 1 is 1.23 bits per heavy atom. The van der Waals surface area contributed by atoms with Crippen LogP contribution in [0.2, 0.25) is 0 Å². The number of rotatable bonds is 3. The second kappa shape index (κ2) is 5.30. The maximum atomic E-state index is 13.5. The van der Waals surface area contributed by atoms with Gasteiger partial charge in [-0.15, -0.1) is 0 Å². The number of allylic oxidation sites excluding steroid dienone is 1. The van der Waals surface area contributed by atoms with Gasteiger partial charge in [-0.1, -0.05) is 32.9 Å². The van der Waals surface area contributed by atoms with Crippen LogP contribution in [0.5, 0.6) is 5.75 Å². The Morgan fingerprint density at radius 2 is 1.77 bits per heavy atom. The van der Waals surface area contributed by atoms with Crippen molar-refractivity contribution < 1.29 is 23.0 Å². The van der Waals surface area contributed by atoms with E-state index in [1.54, 1.807) is 31.2 Å². The first-order valence-corrected chi connectivity index (χ1v) is 7.24. The van der Waals surface area contributed by atoms with Crippen LogP contribution < -0.4 is 4.74 Å². The molecular formula is C17H21F3O2. The summed E-state index contributed by atoms with van der Waals surface area (Å²) >= 11 is 0. The fraction of sp³-hybridized carbons (Fsp3) is 0.529. The monoisotopic (exact) mass is 314 g/mol. The van der Waals surface area contributed by atoms with E-state index in [2.05, 4.69) is 0 Å². The highest BCUT2D eigenvalue weighted by Gasteiger charge is 2.71. The highest BCUT2D eigenvalue weighted by atomic mass is 19.4. The zero-order valence-corrected chi connectivity index (χ0v) is 13.2. The average molecular weight is 314 g/mol. The predicted molar refractivity (Wildman–Crippen MR) is 79.6 cm³/mol. The lowest BCUT2D eigenvalue weighted by atomic mass is 9.53. The summed E-state index contributed by atoms with van der Waals surface area (Å²) in [5.74, 6) is 0.643. The van der Waals surface area contributed by atoms with Gasteiger partial charge in [-0.2, -0.15) is 13.2 Å². The number of ether oxygens (including phenoxy) is 1. The number of benzene rings is 1. The van der Waals surface area contributed by atoms with Crippen LogP contribution in [0.15, 0.2) is 29.8 Å². The van der Waals surface area contributed by atoms with Gasteiger partial charge in [-0.25, -0.2) is 0 Å². The van der Waals surface area contributed by atoms with Gasteiger partial charge in [0, 0.05) is 5.41 Å². The summed E-state index contributed by atoms with van der Waals surface area (Å²) in [6.45, 7) is 4.70. The maximum Gasteiger partial charge on any atom is 0.421 e. The lowest BCUT2D eigenvalue weighted by molar-refractivity contribution is -0.303. The molecule has 0 amide bonds. The van der Waals surface area contributed by atoms with Gasteiger partial charge in [0.05, 0.1) is 7.11 Å². The molecule has 1 aliphatic rings. The van der Waals surface area contributed by atoms with E-state index in [0.717, 1.165) is 0 Å². The van der Waals surface area contributed by atoms with Crippen LogP contribution in [0.1, 0.15) is 39.2 Å². The molecule has 1 saturated carbocycles. The Hall–Kier alpha value is -1.49. The predicted octanol–water partition coefficient (Wildman–Crippen LogP) is 4.58. The molecule has 1 N–H and O–H groups in total. The third-order valence-electron chi connectivity index (χ3n) is 4.60. The van der Waals surface area contributed by atoms with E-state index < -0.39 is 17.2 Å². The van der Waals surface area contributed by atoms with Gasteiger partial charge in [0.25, 0.3) is 0 Å². The quantitative estimate of drug-likeness (QED) is 0.885. The van der Waals surface area contributed by atoms with E-state index in [4.69, 9.17) is 4.74 Å².